The number of benzene rings is 1. The molecule has 134 valence electrons. The molecule has 1 aliphatic heterocycles. The first-order valence-electron chi connectivity index (χ1n) is 7.97. The fraction of sp³-hybridized carbons (Fsp3) is 0.562. The van der Waals surface area contributed by atoms with Gasteiger partial charge in [-0.2, -0.15) is 0 Å². The minimum atomic E-state index is -3.32. The second kappa shape index (κ2) is 8.06. The molecule has 2 atom stereocenters. The molecule has 1 saturated heterocycles. The lowest BCUT2D eigenvalue weighted by Crippen LogP contribution is -2.47. The molecule has 0 aromatic heterocycles. The van der Waals surface area contributed by atoms with Gasteiger partial charge in [0.25, 0.3) is 0 Å². The highest BCUT2D eigenvalue weighted by Gasteiger charge is 2.40. The van der Waals surface area contributed by atoms with Gasteiger partial charge in [0.1, 0.15) is 0 Å². The molecule has 8 heteroatoms. The Balaban J connectivity index is 2.03. The van der Waals surface area contributed by atoms with Crippen LogP contribution in [0.4, 0.5) is 5.69 Å². The zero-order valence-electron chi connectivity index (χ0n) is 13.7. The molecule has 24 heavy (non-hydrogen) atoms. The molecular weight excluding hydrogens is 332 g/mol. The first kappa shape index (κ1) is 18.9. The van der Waals surface area contributed by atoms with Crippen LogP contribution in [0.2, 0.25) is 0 Å². The van der Waals surface area contributed by atoms with Crippen molar-refractivity contribution in [2.45, 2.75) is 25.5 Å². The van der Waals surface area contributed by atoms with Gasteiger partial charge < -0.3 is 15.5 Å². The monoisotopic (exact) mass is 356 g/mol. The highest BCUT2D eigenvalue weighted by atomic mass is 32.2. The van der Waals surface area contributed by atoms with Crippen molar-refractivity contribution < 1.29 is 23.4 Å². The van der Waals surface area contributed by atoms with Gasteiger partial charge in [-0.25, -0.2) is 8.42 Å². The molecule has 0 aliphatic carbocycles. The molecule has 1 aliphatic rings. The van der Waals surface area contributed by atoms with E-state index in [1.165, 1.54) is 4.90 Å². The van der Waals surface area contributed by atoms with Crippen molar-refractivity contribution in [3.8, 4) is 0 Å². The van der Waals surface area contributed by atoms with Gasteiger partial charge in [-0.05, 0) is 24.1 Å². The summed E-state index contributed by atoms with van der Waals surface area (Å²) < 4.78 is 23.3. The summed E-state index contributed by atoms with van der Waals surface area (Å²) in [6.45, 7) is 1.83. The summed E-state index contributed by atoms with van der Waals surface area (Å²) in [5.41, 5.74) is 1.76. The standard InChI is InChI=1S/C16H24N2O5S/c1-2-12-4-3-5-13(8-12)17-16(21)9-18(6-7-19)14-10-24(22,23)11-15(14)20/h3-5,8,14-15,19-20H,2,6-7,9-11H2,1H3,(H,17,21). The molecule has 0 radical (unpaired) electrons. The van der Waals surface area contributed by atoms with Crippen molar-refractivity contribution in [1.29, 1.82) is 0 Å². The second-order valence-corrected chi connectivity index (χ2v) is 8.16. The van der Waals surface area contributed by atoms with Crippen LogP contribution in [0.5, 0.6) is 0 Å². The molecule has 1 aromatic rings. The number of nitrogens with zero attached hydrogens (tertiary/aromatic N) is 1. The van der Waals surface area contributed by atoms with Gasteiger partial charge in [0.15, 0.2) is 9.84 Å². The van der Waals surface area contributed by atoms with Crippen LogP contribution >= 0.6 is 0 Å². The number of amides is 1. The normalized spacial score (nSPS) is 22.7. The van der Waals surface area contributed by atoms with Gasteiger partial charge in [-0.15, -0.1) is 0 Å². The van der Waals surface area contributed by atoms with Gasteiger partial charge in [0, 0.05) is 12.2 Å². The molecule has 1 fully saturated rings. The minimum absolute atomic E-state index is 0.0891. The Morgan fingerprint density at radius 1 is 1.38 bits per heavy atom. The maximum absolute atomic E-state index is 12.3. The summed E-state index contributed by atoms with van der Waals surface area (Å²) in [6, 6.07) is 6.81. The number of aliphatic hydroxyl groups excluding tert-OH is 2. The molecule has 1 amide bonds. The lowest BCUT2D eigenvalue weighted by atomic mass is 10.1. The number of anilines is 1. The first-order chi connectivity index (χ1) is 11.3. The topological polar surface area (TPSA) is 107 Å². The Bertz CT molecular complexity index is 677. The van der Waals surface area contributed by atoms with E-state index in [0.29, 0.717) is 5.69 Å². The molecule has 7 nitrogen and oxygen atoms in total. The Morgan fingerprint density at radius 3 is 2.71 bits per heavy atom. The van der Waals surface area contributed by atoms with Gasteiger partial charge in [0.2, 0.25) is 5.91 Å². The van der Waals surface area contributed by atoms with E-state index >= 15 is 0 Å². The summed E-state index contributed by atoms with van der Waals surface area (Å²) in [4.78, 5) is 13.8. The first-order valence-corrected chi connectivity index (χ1v) is 9.79. The van der Waals surface area contributed by atoms with Crippen LogP contribution in [0, 0.1) is 0 Å². The van der Waals surface area contributed by atoms with Gasteiger partial charge in [0.05, 0.1) is 36.8 Å². The highest BCUT2D eigenvalue weighted by molar-refractivity contribution is 7.91. The average Bonchev–Trinajstić information content (AvgIpc) is 2.80. The maximum atomic E-state index is 12.3. The van der Waals surface area contributed by atoms with E-state index in [1.807, 2.05) is 25.1 Å². The van der Waals surface area contributed by atoms with Crippen molar-refractivity contribution in [3.05, 3.63) is 29.8 Å². The van der Waals surface area contributed by atoms with Crippen LogP contribution in [0.1, 0.15) is 12.5 Å². The van der Waals surface area contributed by atoms with Crippen molar-refractivity contribution in [2.75, 3.05) is 36.5 Å². The number of sulfone groups is 1. The minimum Gasteiger partial charge on any atom is -0.395 e. The molecule has 1 heterocycles. The predicted octanol–water partition coefficient (Wildman–Crippen LogP) is -0.360. The molecule has 0 saturated carbocycles. The van der Waals surface area contributed by atoms with Crippen LogP contribution in [-0.2, 0) is 21.1 Å². The molecule has 0 bridgehead atoms. The van der Waals surface area contributed by atoms with Crippen LogP contribution in [0.3, 0.4) is 0 Å². The predicted molar refractivity (Wildman–Crippen MR) is 91.6 cm³/mol. The van der Waals surface area contributed by atoms with E-state index in [-0.39, 0.29) is 37.1 Å². The number of hydrogen-bond acceptors (Lipinski definition) is 6. The smallest absolute Gasteiger partial charge is 0.238 e. The van der Waals surface area contributed by atoms with E-state index in [2.05, 4.69) is 5.32 Å². The fourth-order valence-corrected chi connectivity index (χ4v) is 4.74. The summed E-state index contributed by atoms with van der Waals surface area (Å²) >= 11 is 0. The number of rotatable bonds is 7. The lowest BCUT2D eigenvalue weighted by molar-refractivity contribution is -0.118. The number of carbonyl (C=O) groups is 1. The third kappa shape index (κ3) is 5.01. The largest absolute Gasteiger partial charge is 0.395 e. The van der Waals surface area contributed by atoms with Crippen molar-refractivity contribution >= 4 is 21.4 Å². The Labute approximate surface area is 142 Å². The molecule has 1 aromatic carbocycles. The second-order valence-electron chi connectivity index (χ2n) is 6.01. The number of aliphatic hydroxyl groups is 2. The zero-order valence-corrected chi connectivity index (χ0v) is 14.5. The third-order valence-corrected chi connectivity index (χ3v) is 5.81. The Kier molecular flexibility index (Phi) is 6.34. The summed E-state index contributed by atoms with van der Waals surface area (Å²) in [6.07, 6.45) is -0.190. The number of nitrogens with one attached hydrogen (secondary N) is 1. The van der Waals surface area contributed by atoms with Crippen molar-refractivity contribution in [1.82, 2.24) is 4.90 Å². The van der Waals surface area contributed by atoms with Gasteiger partial charge in [-0.3, -0.25) is 9.69 Å². The van der Waals surface area contributed by atoms with E-state index in [1.54, 1.807) is 6.07 Å². The quantitative estimate of drug-likeness (QED) is 0.616. The summed E-state index contributed by atoms with van der Waals surface area (Å²) in [5, 5.41) is 21.9. The fourth-order valence-electron chi connectivity index (χ4n) is 2.90. The number of carbonyl (C=O) groups excluding carboxylic acids is 1. The van der Waals surface area contributed by atoms with E-state index in [0.717, 1.165) is 12.0 Å². The van der Waals surface area contributed by atoms with Crippen LogP contribution in [0.15, 0.2) is 24.3 Å². The Hall–Kier alpha value is -1.48. The molecule has 2 unspecified atom stereocenters. The number of aryl methyl sites for hydroxylation is 1. The van der Waals surface area contributed by atoms with E-state index in [9.17, 15) is 23.4 Å². The van der Waals surface area contributed by atoms with Crippen molar-refractivity contribution in [3.63, 3.8) is 0 Å². The zero-order chi connectivity index (χ0) is 17.7. The number of hydrogen-bond donors (Lipinski definition) is 3. The third-order valence-electron chi connectivity index (χ3n) is 4.12. The van der Waals surface area contributed by atoms with E-state index < -0.39 is 22.0 Å². The van der Waals surface area contributed by atoms with Crippen LogP contribution in [-0.4, -0.2) is 72.8 Å². The van der Waals surface area contributed by atoms with Crippen molar-refractivity contribution in [2.24, 2.45) is 0 Å². The SMILES string of the molecule is CCc1cccc(NC(=O)CN(CCO)C2CS(=O)(=O)CC2O)c1. The van der Waals surface area contributed by atoms with Gasteiger partial charge >= 0.3 is 0 Å². The van der Waals surface area contributed by atoms with Crippen LogP contribution in [0.25, 0.3) is 0 Å². The summed E-state index contributed by atoms with van der Waals surface area (Å²) in [5.74, 6) is -0.819. The lowest BCUT2D eigenvalue weighted by Gasteiger charge is -2.28. The molecule has 3 N–H and O–H groups in total. The van der Waals surface area contributed by atoms with Crippen LogP contribution < -0.4 is 5.32 Å². The summed E-state index contributed by atoms with van der Waals surface area (Å²) in [7, 11) is -3.32. The molecule has 0 spiro atoms. The maximum Gasteiger partial charge on any atom is 0.238 e. The average molecular weight is 356 g/mol. The van der Waals surface area contributed by atoms with E-state index in [4.69, 9.17) is 0 Å². The highest BCUT2D eigenvalue weighted by Crippen LogP contribution is 2.19. The molecular formula is C16H24N2O5S. The Morgan fingerprint density at radius 2 is 2.12 bits per heavy atom. The molecule has 2 rings (SSSR count). The van der Waals surface area contributed by atoms with Gasteiger partial charge in [-0.1, -0.05) is 19.1 Å².